The molecule has 0 aromatic carbocycles. The number of thiophene rings is 1. The van der Waals surface area contributed by atoms with E-state index in [1.807, 2.05) is 6.92 Å². The summed E-state index contributed by atoms with van der Waals surface area (Å²) in [5.74, 6) is 0.00602. The molecule has 1 unspecified atom stereocenters. The molecule has 1 aromatic rings. The van der Waals surface area contributed by atoms with E-state index < -0.39 is 11.5 Å². The van der Waals surface area contributed by atoms with E-state index in [0.29, 0.717) is 23.0 Å². The number of hydrogen-bond donors (Lipinski definition) is 3. The summed E-state index contributed by atoms with van der Waals surface area (Å²) in [5.41, 5.74) is 12.5. The van der Waals surface area contributed by atoms with Crippen molar-refractivity contribution in [3.63, 3.8) is 0 Å². The molecule has 0 bridgehead atoms. The third-order valence-corrected chi connectivity index (χ3v) is 5.21. The van der Waals surface area contributed by atoms with E-state index in [0.717, 1.165) is 36.4 Å². The third-order valence-electron chi connectivity index (χ3n) is 3.91. The number of rotatable bonds is 3. The van der Waals surface area contributed by atoms with Gasteiger partial charge < -0.3 is 21.5 Å². The lowest BCUT2D eigenvalue weighted by atomic mass is 10.1. The molecule has 1 saturated heterocycles. The van der Waals surface area contributed by atoms with Gasteiger partial charge in [-0.3, -0.25) is 4.79 Å². The molecule has 6 heteroatoms. The first-order chi connectivity index (χ1) is 8.89. The van der Waals surface area contributed by atoms with E-state index in [2.05, 4.69) is 4.90 Å². The number of amides is 1. The molecule has 1 atom stereocenters. The summed E-state index contributed by atoms with van der Waals surface area (Å²) >= 11 is 1.38. The van der Waals surface area contributed by atoms with E-state index in [9.17, 15) is 9.90 Å². The van der Waals surface area contributed by atoms with Crippen LogP contribution in [0.4, 0.5) is 10.7 Å². The molecule has 1 aromatic heterocycles. The number of β-amino-alcohol motifs (C(OH)–C–C–N with tert-alkyl or cyclic N) is 1. The second kappa shape index (κ2) is 4.11. The first kappa shape index (κ1) is 12.7. The summed E-state index contributed by atoms with van der Waals surface area (Å²) in [6, 6.07) is 0. The number of nitrogens with two attached hydrogens (primary N) is 2. The molecular formula is C13H19N3O2S. The molecule has 1 saturated carbocycles. The van der Waals surface area contributed by atoms with Gasteiger partial charge in [0.1, 0.15) is 4.88 Å². The van der Waals surface area contributed by atoms with Gasteiger partial charge in [0, 0.05) is 18.7 Å². The Bertz CT molecular complexity index is 534. The Labute approximate surface area is 116 Å². The van der Waals surface area contributed by atoms with Gasteiger partial charge in [-0.1, -0.05) is 0 Å². The lowest BCUT2D eigenvalue weighted by molar-refractivity contribution is 0.0839. The molecule has 2 heterocycles. The van der Waals surface area contributed by atoms with Crippen molar-refractivity contribution in [2.24, 2.45) is 5.73 Å². The number of nitrogen functional groups attached to an aromatic ring is 1. The van der Waals surface area contributed by atoms with Crippen LogP contribution in [0.3, 0.4) is 0 Å². The van der Waals surface area contributed by atoms with Crippen LogP contribution in [-0.2, 0) is 0 Å². The van der Waals surface area contributed by atoms with Crippen LogP contribution >= 0.6 is 11.3 Å². The largest absolute Gasteiger partial charge is 0.397 e. The average Bonchev–Trinajstić information content (AvgIpc) is 2.99. The Kier molecular flexibility index (Phi) is 2.76. The number of hydrogen-bond acceptors (Lipinski definition) is 5. The van der Waals surface area contributed by atoms with Crippen LogP contribution in [0.1, 0.15) is 47.3 Å². The summed E-state index contributed by atoms with van der Waals surface area (Å²) in [5, 5.41) is 11.1. The monoisotopic (exact) mass is 281 g/mol. The summed E-state index contributed by atoms with van der Waals surface area (Å²) in [7, 11) is 0. The minimum absolute atomic E-state index is 0.457. The molecule has 1 aliphatic carbocycles. The Morgan fingerprint density at radius 2 is 2.21 bits per heavy atom. The fraction of sp³-hybridized carbons (Fsp3) is 0.615. The van der Waals surface area contributed by atoms with Gasteiger partial charge in [0.05, 0.1) is 16.3 Å². The molecule has 0 spiro atoms. The summed E-state index contributed by atoms with van der Waals surface area (Å²) in [4.78, 5) is 14.1. The summed E-state index contributed by atoms with van der Waals surface area (Å²) in [6.45, 7) is 3.23. The topological polar surface area (TPSA) is 92.6 Å². The number of nitrogens with zero attached hydrogens (tertiary/aromatic N) is 1. The van der Waals surface area contributed by atoms with Gasteiger partial charge in [0.25, 0.3) is 5.91 Å². The minimum Gasteiger partial charge on any atom is -0.397 e. The molecule has 19 heavy (non-hydrogen) atoms. The van der Waals surface area contributed by atoms with E-state index in [1.165, 1.54) is 11.3 Å². The first-order valence-electron chi connectivity index (χ1n) is 6.58. The van der Waals surface area contributed by atoms with Crippen molar-refractivity contribution in [1.82, 2.24) is 0 Å². The fourth-order valence-corrected chi connectivity index (χ4v) is 3.93. The zero-order valence-corrected chi connectivity index (χ0v) is 11.8. The zero-order valence-electron chi connectivity index (χ0n) is 11.0. The number of carbonyl (C=O) groups excluding carboxylic acids is 1. The predicted molar refractivity (Wildman–Crippen MR) is 76.7 cm³/mol. The van der Waals surface area contributed by atoms with Gasteiger partial charge in [0.15, 0.2) is 0 Å². The molecular weight excluding hydrogens is 262 g/mol. The number of primary amides is 1. The maximum Gasteiger partial charge on any atom is 0.260 e. The van der Waals surface area contributed by atoms with Gasteiger partial charge in [-0.25, -0.2) is 0 Å². The highest BCUT2D eigenvalue weighted by Crippen LogP contribution is 2.52. The molecule has 1 aliphatic heterocycles. The van der Waals surface area contributed by atoms with Gasteiger partial charge in [-0.15, -0.1) is 11.3 Å². The summed E-state index contributed by atoms with van der Waals surface area (Å²) < 4.78 is 0. The molecule has 1 amide bonds. The summed E-state index contributed by atoms with van der Waals surface area (Å²) in [6.07, 6.45) is 2.98. The van der Waals surface area contributed by atoms with Crippen molar-refractivity contribution in [2.75, 3.05) is 23.7 Å². The molecule has 5 N–H and O–H groups in total. The highest BCUT2D eigenvalue weighted by Gasteiger charge is 2.38. The molecule has 2 aliphatic rings. The second-order valence-corrected chi connectivity index (χ2v) is 6.87. The Balaban J connectivity index is 2.01. The first-order valence-corrected chi connectivity index (χ1v) is 7.40. The smallest absolute Gasteiger partial charge is 0.260 e. The second-order valence-electron chi connectivity index (χ2n) is 5.87. The zero-order chi connectivity index (χ0) is 13.8. The molecule has 0 radical (unpaired) electrons. The van der Waals surface area contributed by atoms with Crippen LogP contribution < -0.4 is 16.4 Å². The highest BCUT2D eigenvalue weighted by atomic mass is 32.1. The Morgan fingerprint density at radius 3 is 2.68 bits per heavy atom. The van der Waals surface area contributed by atoms with Crippen molar-refractivity contribution in [1.29, 1.82) is 0 Å². The quantitative estimate of drug-likeness (QED) is 0.778. The molecule has 2 fully saturated rings. The number of anilines is 2. The molecule has 104 valence electrons. The van der Waals surface area contributed by atoms with Gasteiger partial charge in [-0.2, -0.15) is 0 Å². The van der Waals surface area contributed by atoms with E-state index >= 15 is 0 Å². The van der Waals surface area contributed by atoms with E-state index in [4.69, 9.17) is 11.5 Å². The minimum atomic E-state index is -0.660. The van der Waals surface area contributed by atoms with Crippen LogP contribution in [0.5, 0.6) is 0 Å². The third kappa shape index (κ3) is 2.19. The van der Waals surface area contributed by atoms with Gasteiger partial charge >= 0.3 is 0 Å². The number of carbonyl (C=O) groups is 1. The van der Waals surface area contributed by atoms with E-state index in [1.54, 1.807) is 0 Å². The lowest BCUT2D eigenvalue weighted by Crippen LogP contribution is -2.29. The predicted octanol–water partition coefficient (Wildman–Crippen LogP) is 1.27. The number of aliphatic hydroxyl groups is 1. The molecule has 5 nitrogen and oxygen atoms in total. The van der Waals surface area contributed by atoms with Crippen molar-refractivity contribution in [2.45, 2.75) is 37.7 Å². The normalized spacial score (nSPS) is 26.9. The van der Waals surface area contributed by atoms with E-state index in [-0.39, 0.29) is 0 Å². The maximum absolute atomic E-state index is 11.5. The van der Waals surface area contributed by atoms with Gasteiger partial charge in [-0.05, 0) is 32.1 Å². The SMILES string of the molecule is CC1(O)CCN(c2sc(C(N)=O)c(N)c2C2CC2)C1. The van der Waals surface area contributed by atoms with Crippen LogP contribution in [-0.4, -0.2) is 29.7 Å². The van der Waals surface area contributed by atoms with Crippen LogP contribution in [0.25, 0.3) is 0 Å². The van der Waals surface area contributed by atoms with Crippen LogP contribution in [0, 0.1) is 0 Å². The van der Waals surface area contributed by atoms with Crippen molar-refractivity contribution >= 4 is 27.9 Å². The Morgan fingerprint density at radius 1 is 1.53 bits per heavy atom. The molecule has 3 rings (SSSR count). The van der Waals surface area contributed by atoms with Crippen LogP contribution in [0.15, 0.2) is 0 Å². The van der Waals surface area contributed by atoms with Crippen molar-refractivity contribution in [3.05, 3.63) is 10.4 Å². The maximum atomic E-state index is 11.5. The van der Waals surface area contributed by atoms with Crippen molar-refractivity contribution < 1.29 is 9.90 Å². The van der Waals surface area contributed by atoms with Gasteiger partial charge in [0.2, 0.25) is 0 Å². The van der Waals surface area contributed by atoms with Crippen molar-refractivity contribution in [3.8, 4) is 0 Å². The average molecular weight is 281 g/mol. The fourth-order valence-electron chi connectivity index (χ4n) is 2.75. The highest BCUT2D eigenvalue weighted by molar-refractivity contribution is 7.18. The Hall–Kier alpha value is -1.27. The lowest BCUT2D eigenvalue weighted by Gasteiger charge is -2.20. The van der Waals surface area contributed by atoms with Crippen LogP contribution in [0.2, 0.25) is 0 Å². The standard InChI is InChI=1S/C13H19N3O2S/c1-13(18)4-5-16(6-13)12-8(7-2-3-7)9(14)10(19-12)11(15)17/h7,18H,2-6,14H2,1H3,(H2,15,17).